The Morgan fingerprint density at radius 3 is 2.10 bits per heavy atom. The molecule has 0 unspecified atom stereocenters. The molecule has 60 heavy (non-hydrogen) atoms. The molecule has 1 saturated carbocycles. The number of rotatable bonds is 7. The number of carbonyl (C=O) groups excluding carboxylic acids is 4. The predicted octanol–water partition coefficient (Wildman–Crippen LogP) is 8.97. The zero-order valence-corrected chi connectivity index (χ0v) is 31.8. The van der Waals surface area contributed by atoms with Crippen LogP contribution in [0.2, 0.25) is 5.02 Å². The van der Waals surface area contributed by atoms with Crippen LogP contribution >= 0.6 is 11.6 Å². The van der Waals surface area contributed by atoms with Crippen molar-refractivity contribution < 1.29 is 59.8 Å². The summed E-state index contributed by atoms with van der Waals surface area (Å²) in [6.07, 6.45) is -6.06. The first kappa shape index (κ1) is 40.6. The second-order valence-electron chi connectivity index (χ2n) is 15.0. The highest BCUT2D eigenvalue weighted by atomic mass is 35.5. The number of nitrogens with one attached hydrogen (secondary N) is 1. The molecule has 6 atom stereocenters. The number of hydrogen-bond donors (Lipinski definition) is 2. The minimum absolute atomic E-state index is 0.103. The number of amides is 4. The number of fused-ring (bicyclic) bond motifs is 4. The van der Waals surface area contributed by atoms with E-state index in [9.17, 15) is 50.2 Å². The molecule has 2 N–H and O–H groups in total. The van der Waals surface area contributed by atoms with Crippen molar-refractivity contribution in [2.24, 2.45) is 29.6 Å². The van der Waals surface area contributed by atoms with Crippen LogP contribution in [0.3, 0.4) is 0 Å². The molecule has 0 bridgehead atoms. The van der Waals surface area contributed by atoms with Crippen LogP contribution in [0, 0.1) is 35.4 Å². The minimum Gasteiger partial charge on any atom is -0.504 e. The number of halogens is 8. The number of hydrogen-bond acceptors (Lipinski definition) is 7. The molecule has 2 heterocycles. The minimum atomic E-state index is -5.26. The number of phenols is 1. The van der Waals surface area contributed by atoms with Gasteiger partial charge in [0.1, 0.15) is 5.82 Å². The fraction of sp³-hybridized carbons (Fsp3) is 0.256. The van der Waals surface area contributed by atoms with Gasteiger partial charge in [-0.15, -0.1) is 0 Å². The third kappa shape index (κ3) is 6.57. The summed E-state index contributed by atoms with van der Waals surface area (Å²) in [6, 6.07) is 16.0. The maximum Gasteiger partial charge on any atom is 0.416 e. The summed E-state index contributed by atoms with van der Waals surface area (Å²) in [6.45, 7) is 0. The van der Waals surface area contributed by atoms with E-state index in [-0.39, 0.29) is 36.1 Å². The third-order valence-corrected chi connectivity index (χ3v) is 12.1. The summed E-state index contributed by atoms with van der Waals surface area (Å²) in [4.78, 5) is 58.9. The molecule has 3 fully saturated rings. The van der Waals surface area contributed by atoms with Crippen molar-refractivity contribution in [2.75, 3.05) is 17.4 Å². The number of imide groups is 2. The van der Waals surface area contributed by atoms with Crippen molar-refractivity contribution >= 4 is 52.7 Å². The number of benzene rings is 4. The van der Waals surface area contributed by atoms with Crippen LogP contribution in [-0.2, 0) is 36.9 Å². The Bertz CT molecular complexity index is 2470. The average Bonchev–Trinajstić information content (AvgIpc) is 3.58. The van der Waals surface area contributed by atoms with Gasteiger partial charge in [-0.25, -0.2) is 9.29 Å². The van der Waals surface area contributed by atoms with Gasteiger partial charge in [0.25, 0.3) is 11.8 Å². The van der Waals surface area contributed by atoms with E-state index in [0.29, 0.717) is 38.8 Å². The number of ether oxygens (including phenoxy) is 1. The largest absolute Gasteiger partial charge is 0.504 e. The van der Waals surface area contributed by atoms with Crippen molar-refractivity contribution in [1.29, 1.82) is 0 Å². The van der Waals surface area contributed by atoms with E-state index in [4.69, 9.17) is 16.3 Å². The molecule has 4 amide bonds. The normalized spacial score (nSPS) is 25.4. The molecule has 0 aromatic heterocycles. The smallest absolute Gasteiger partial charge is 0.416 e. The van der Waals surface area contributed by atoms with Crippen LogP contribution in [-0.4, -0.2) is 40.9 Å². The van der Waals surface area contributed by atoms with Crippen LogP contribution in [0.1, 0.15) is 35.1 Å². The van der Waals surface area contributed by atoms with Gasteiger partial charge in [0.15, 0.2) is 11.5 Å². The molecule has 2 saturated heterocycles. The zero-order valence-electron chi connectivity index (χ0n) is 31.0. The molecular formula is C43H31ClF7N3O6. The van der Waals surface area contributed by atoms with E-state index in [1.807, 2.05) is 0 Å². The lowest BCUT2D eigenvalue weighted by molar-refractivity contribution is -0.143. The highest BCUT2D eigenvalue weighted by Crippen LogP contribution is 2.62. The maximum atomic E-state index is 15.2. The van der Waals surface area contributed by atoms with E-state index in [1.165, 1.54) is 43.5 Å². The Morgan fingerprint density at radius 2 is 1.48 bits per heavy atom. The number of aromatic hydroxyl groups is 1. The molecule has 310 valence electrons. The summed E-state index contributed by atoms with van der Waals surface area (Å²) in [7, 11) is 1.34. The quantitative estimate of drug-likeness (QED) is 0.108. The number of allylic oxidation sites excluding steroid dienone is 3. The lowest BCUT2D eigenvalue weighted by Crippen LogP contribution is -2.54. The summed E-state index contributed by atoms with van der Waals surface area (Å²) < 4.78 is 103. The summed E-state index contributed by atoms with van der Waals surface area (Å²) in [5.41, 5.74) is -1.89. The lowest BCUT2D eigenvalue weighted by Gasteiger charge is -2.49. The Balaban J connectivity index is 1.29. The fourth-order valence-corrected chi connectivity index (χ4v) is 9.35. The first-order chi connectivity index (χ1) is 28.3. The standard InChI is InChI=1S/C43H31ClF7N3O6/c1-60-35-16-21(3-15-34(35)55)2-14-32-29-12-13-30-36(39(58)53(37(30)56)28-18-23(42(46,47)48)17-24(19-28)43(49,50)51)31(29)20-33-38(57)54(52-27-10-8-26(45)9-11-27)40(59)41(32,33)22-4-6-25(44)7-5-22/h2-12,14-19,30-33,36,52,55H,13,20H2,1H3/t30-,31+,32-,33-,36-,41-/m0/s1. The number of carbonyl (C=O) groups is 4. The van der Waals surface area contributed by atoms with Gasteiger partial charge in [-0.05, 0) is 96.6 Å². The average molecular weight is 854 g/mol. The highest BCUT2D eigenvalue weighted by Gasteiger charge is 2.69. The third-order valence-electron chi connectivity index (χ3n) is 11.8. The van der Waals surface area contributed by atoms with Crippen molar-refractivity contribution in [3.05, 3.63) is 136 Å². The van der Waals surface area contributed by atoms with Crippen LogP contribution in [0.15, 0.2) is 103 Å². The monoisotopic (exact) mass is 853 g/mol. The van der Waals surface area contributed by atoms with E-state index in [2.05, 4.69) is 5.43 Å². The molecule has 4 aromatic carbocycles. The number of methoxy groups -OCH3 is 1. The maximum absolute atomic E-state index is 15.2. The second kappa shape index (κ2) is 14.5. The van der Waals surface area contributed by atoms with E-state index >= 15 is 4.79 Å². The van der Waals surface area contributed by atoms with Gasteiger partial charge in [0.05, 0.1) is 52.8 Å². The summed E-state index contributed by atoms with van der Waals surface area (Å²) in [5.74, 6) is -10.2. The van der Waals surface area contributed by atoms with Gasteiger partial charge < -0.3 is 9.84 Å². The van der Waals surface area contributed by atoms with Crippen LogP contribution in [0.4, 0.5) is 42.1 Å². The number of nitrogens with zero attached hydrogens (tertiary/aromatic N) is 2. The van der Waals surface area contributed by atoms with Gasteiger partial charge in [0.2, 0.25) is 11.8 Å². The van der Waals surface area contributed by atoms with Gasteiger partial charge in [0, 0.05) is 10.9 Å². The Morgan fingerprint density at radius 1 is 0.833 bits per heavy atom. The van der Waals surface area contributed by atoms with Crippen molar-refractivity contribution in [1.82, 2.24) is 5.01 Å². The molecule has 0 radical (unpaired) electrons. The molecule has 17 heteroatoms. The lowest BCUT2D eigenvalue weighted by atomic mass is 9.50. The Kier molecular flexibility index (Phi) is 9.84. The SMILES string of the molecule is COc1cc(C=C[C@H]2C3=CC[C@@H]4C(=O)N(c5cc(C(F)(F)F)cc(C(F)(F)F)c5)C(=O)[C@@H]4[C@@H]3C[C@H]3C(=O)N(Nc4ccc(F)cc4)C(=O)[C@@]23c2ccc(Cl)cc2)ccc1O. The predicted molar refractivity (Wildman–Crippen MR) is 202 cm³/mol. The van der Waals surface area contributed by atoms with E-state index in [0.717, 1.165) is 17.1 Å². The van der Waals surface area contributed by atoms with Crippen molar-refractivity contribution in [2.45, 2.75) is 30.6 Å². The second-order valence-corrected chi connectivity index (χ2v) is 15.4. The van der Waals surface area contributed by atoms with Crippen LogP contribution < -0.4 is 15.1 Å². The van der Waals surface area contributed by atoms with Gasteiger partial charge in [-0.1, -0.05) is 53.6 Å². The topological polar surface area (TPSA) is 116 Å². The molecule has 2 aliphatic heterocycles. The first-order valence-electron chi connectivity index (χ1n) is 18.4. The van der Waals surface area contributed by atoms with E-state index < -0.39 is 93.6 Å². The Hall–Kier alpha value is -6.16. The number of phenolic OH excluding ortho intramolecular Hbond substituents is 1. The highest BCUT2D eigenvalue weighted by molar-refractivity contribution is 6.30. The van der Waals surface area contributed by atoms with Gasteiger partial charge >= 0.3 is 12.4 Å². The molecule has 4 aromatic rings. The molecule has 0 spiro atoms. The van der Waals surface area contributed by atoms with Crippen molar-refractivity contribution in [3.63, 3.8) is 0 Å². The van der Waals surface area contributed by atoms with Crippen LogP contribution in [0.25, 0.3) is 6.08 Å². The Labute approximate surface area is 341 Å². The molecular weight excluding hydrogens is 823 g/mol. The van der Waals surface area contributed by atoms with Crippen LogP contribution in [0.5, 0.6) is 11.5 Å². The molecule has 2 aliphatic carbocycles. The molecule has 4 aliphatic rings. The van der Waals surface area contributed by atoms with Crippen molar-refractivity contribution in [3.8, 4) is 11.5 Å². The molecule has 8 rings (SSSR count). The molecule has 9 nitrogen and oxygen atoms in total. The number of hydrazine groups is 1. The van der Waals surface area contributed by atoms with Gasteiger partial charge in [-0.2, -0.15) is 31.4 Å². The zero-order chi connectivity index (χ0) is 43.1. The number of alkyl halides is 6. The number of anilines is 2. The fourth-order valence-electron chi connectivity index (χ4n) is 9.23. The first-order valence-corrected chi connectivity index (χ1v) is 18.8. The summed E-state index contributed by atoms with van der Waals surface area (Å²) in [5, 5.41) is 11.4. The van der Waals surface area contributed by atoms with Gasteiger partial charge in [-0.3, -0.25) is 24.6 Å². The summed E-state index contributed by atoms with van der Waals surface area (Å²) >= 11 is 6.30. The van der Waals surface area contributed by atoms with E-state index in [1.54, 1.807) is 36.4 Å².